The molecule has 110 valence electrons. The number of nitrogens with one attached hydrogen (secondary N) is 1. The van der Waals surface area contributed by atoms with Gasteiger partial charge in [0.1, 0.15) is 0 Å². The molecule has 21 heavy (non-hydrogen) atoms. The zero-order chi connectivity index (χ0) is 15.0. The van der Waals surface area contributed by atoms with Crippen LogP contribution in [0.3, 0.4) is 0 Å². The van der Waals surface area contributed by atoms with Crippen LogP contribution in [0.1, 0.15) is 11.6 Å². The number of aromatic nitrogens is 3. The summed E-state index contributed by atoms with van der Waals surface area (Å²) in [4.78, 5) is 12.4. The quantitative estimate of drug-likeness (QED) is 0.890. The molecule has 0 amide bonds. The van der Waals surface area contributed by atoms with E-state index in [4.69, 9.17) is 0 Å². The topological polar surface area (TPSA) is 65.0 Å². The molecule has 9 heteroatoms. The van der Waals surface area contributed by atoms with Gasteiger partial charge in [-0.15, -0.1) is 10.2 Å². The molecule has 1 aliphatic rings. The van der Waals surface area contributed by atoms with E-state index in [1.807, 2.05) is 4.90 Å². The van der Waals surface area contributed by atoms with Crippen molar-refractivity contribution >= 4 is 11.4 Å². The Morgan fingerprint density at radius 1 is 1.10 bits per heavy atom. The number of benzene rings is 1. The number of rotatable bonds is 2. The lowest BCUT2D eigenvalue weighted by Gasteiger charge is -2.29. The van der Waals surface area contributed by atoms with Crippen LogP contribution in [-0.2, 0) is 19.3 Å². The largest absolute Gasteiger partial charge is 0.451 e. The van der Waals surface area contributed by atoms with Crippen molar-refractivity contribution in [2.45, 2.75) is 19.3 Å². The summed E-state index contributed by atoms with van der Waals surface area (Å²) in [7, 11) is 0. The minimum Gasteiger partial charge on any atom is -0.362 e. The Hall–Kier alpha value is -2.45. The van der Waals surface area contributed by atoms with Gasteiger partial charge >= 0.3 is 6.18 Å². The van der Waals surface area contributed by atoms with Crippen LogP contribution < -0.4 is 10.1 Å². The summed E-state index contributed by atoms with van der Waals surface area (Å²) in [6, 6.07) is 6.69. The fourth-order valence-electron chi connectivity index (χ4n) is 2.33. The molecule has 0 unspecified atom stereocenters. The molecule has 0 saturated carbocycles. The maximum absolute atomic E-state index is 12.7. The molecule has 1 aromatic carbocycles. The second-order valence-corrected chi connectivity index (χ2v) is 4.66. The molecule has 1 N–H and O–H groups in total. The summed E-state index contributed by atoms with van der Waals surface area (Å²) in [5.41, 5.74) is 1.25. The fourth-order valence-corrected chi connectivity index (χ4v) is 2.33. The molecule has 3 rings (SSSR count). The molecule has 2 aromatic rings. The Morgan fingerprint density at radius 2 is 1.81 bits per heavy atom. The van der Waals surface area contributed by atoms with E-state index in [9.17, 15) is 18.1 Å². The third kappa shape index (κ3) is 2.46. The molecular formula is C12H11F3N5O+. The normalized spacial score (nSPS) is 14.9. The molecule has 0 fully saturated rings. The number of fused-ring (bicyclic) bond motifs is 1. The molecule has 0 atom stereocenters. The molecule has 0 spiro atoms. The van der Waals surface area contributed by atoms with Gasteiger partial charge in [0, 0.05) is 41.0 Å². The van der Waals surface area contributed by atoms with Crippen LogP contribution in [0, 0.1) is 4.91 Å². The molecule has 0 aliphatic carbocycles. The van der Waals surface area contributed by atoms with E-state index in [0.29, 0.717) is 12.2 Å². The van der Waals surface area contributed by atoms with Gasteiger partial charge in [0.05, 0.1) is 6.54 Å². The maximum atomic E-state index is 12.7. The summed E-state index contributed by atoms with van der Waals surface area (Å²) < 4.78 is 39.3. The predicted molar refractivity (Wildman–Crippen MR) is 66.5 cm³/mol. The summed E-state index contributed by atoms with van der Waals surface area (Å²) >= 11 is 0. The number of hydrogen-bond acceptors (Lipinski definition) is 4. The first-order chi connectivity index (χ1) is 9.99. The lowest BCUT2D eigenvalue weighted by molar-refractivity contribution is -0.379. The van der Waals surface area contributed by atoms with E-state index in [2.05, 4.69) is 10.2 Å². The van der Waals surface area contributed by atoms with Gasteiger partial charge in [-0.3, -0.25) is 0 Å². The minimum absolute atomic E-state index is 0.165. The van der Waals surface area contributed by atoms with Crippen LogP contribution in [0.15, 0.2) is 24.3 Å². The van der Waals surface area contributed by atoms with Crippen LogP contribution >= 0.6 is 0 Å². The monoisotopic (exact) mass is 298 g/mol. The van der Waals surface area contributed by atoms with Crippen molar-refractivity contribution < 1.29 is 18.3 Å². The molecule has 6 nitrogen and oxygen atoms in total. The average Bonchev–Trinajstić information content (AvgIpc) is 2.90. The van der Waals surface area contributed by atoms with Crippen LogP contribution in [0.2, 0.25) is 0 Å². The molecule has 1 aliphatic heterocycles. The van der Waals surface area contributed by atoms with E-state index < -0.39 is 12.0 Å². The van der Waals surface area contributed by atoms with Gasteiger partial charge in [-0.05, 0) is 12.1 Å². The second kappa shape index (κ2) is 4.83. The Morgan fingerprint density at radius 3 is 2.43 bits per heavy atom. The summed E-state index contributed by atoms with van der Waals surface area (Å²) in [6.45, 7) is 0.824. The van der Waals surface area contributed by atoms with Crippen molar-refractivity contribution in [1.29, 1.82) is 0 Å². The first-order valence-electron chi connectivity index (χ1n) is 6.21. The summed E-state index contributed by atoms with van der Waals surface area (Å²) in [6.07, 6.45) is -4.49. The number of nitroso groups, excluding NO2 is 1. The standard InChI is InChI=1S/C12H10F3N5O/c13-12(14,15)11-17-16-10-7-19(5-6-20(10)11)9-3-1-8(18-21)2-4-9/h1-4H,5-7H2/p+1. The Bertz CT molecular complexity index is 665. The highest BCUT2D eigenvalue weighted by Crippen LogP contribution is 2.30. The van der Waals surface area contributed by atoms with Crippen LogP contribution in [-0.4, -0.2) is 21.3 Å². The number of alkyl halides is 3. The van der Waals surface area contributed by atoms with E-state index in [1.165, 1.54) is 0 Å². The zero-order valence-corrected chi connectivity index (χ0v) is 10.8. The van der Waals surface area contributed by atoms with Gasteiger partial charge in [-0.1, -0.05) is 0 Å². The maximum Gasteiger partial charge on any atom is 0.451 e. The van der Waals surface area contributed by atoms with Crippen molar-refractivity contribution in [2.24, 2.45) is 0 Å². The SMILES string of the molecule is O=[NH+]c1ccc(N2CCn3c(nnc3C(F)(F)F)C2)cc1. The fraction of sp³-hybridized carbons (Fsp3) is 0.333. The van der Waals surface area contributed by atoms with Gasteiger partial charge in [-0.2, -0.15) is 13.2 Å². The van der Waals surface area contributed by atoms with Gasteiger partial charge < -0.3 is 9.47 Å². The predicted octanol–water partition coefficient (Wildman–Crippen LogP) is 0.796. The second-order valence-electron chi connectivity index (χ2n) is 4.66. The van der Waals surface area contributed by atoms with Gasteiger partial charge in [0.15, 0.2) is 5.82 Å². The molecule has 2 heterocycles. The Labute approximate surface area is 117 Å². The van der Waals surface area contributed by atoms with Crippen molar-refractivity contribution in [2.75, 3.05) is 11.4 Å². The number of anilines is 1. The summed E-state index contributed by atoms with van der Waals surface area (Å²) in [5, 5.41) is 8.63. The van der Waals surface area contributed by atoms with Crippen molar-refractivity contribution in [3.8, 4) is 0 Å². The first kappa shape index (κ1) is 13.5. The number of nitrogens with zero attached hydrogens (tertiary/aromatic N) is 4. The summed E-state index contributed by atoms with van der Waals surface area (Å²) in [5.74, 6) is -0.678. The highest BCUT2D eigenvalue weighted by atomic mass is 19.4. The average molecular weight is 298 g/mol. The molecule has 0 radical (unpaired) electrons. The molecule has 0 bridgehead atoms. The van der Waals surface area contributed by atoms with E-state index in [-0.39, 0.29) is 18.9 Å². The third-order valence-corrected chi connectivity index (χ3v) is 3.36. The van der Waals surface area contributed by atoms with Gasteiger partial charge in [0.25, 0.3) is 5.69 Å². The van der Waals surface area contributed by atoms with Gasteiger partial charge in [0.2, 0.25) is 5.82 Å². The highest BCUT2D eigenvalue weighted by molar-refractivity contribution is 5.50. The zero-order valence-electron chi connectivity index (χ0n) is 10.8. The lowest BCUT2D eigenvalue weighted by atomic mass is 10.2. The van der Waals surface area contributed by atoms with E-state index >= 15 is 0 Å². The smallest absolute Gasteiger partial charge is 0.362 e. The first-order valence-corrected chi connectivity index (χ1v) is 6.21. The van der Waals surface area contributed by atoms with Crippen LogP contribution in [0.25, 0.3) is 0 Å². The molecule has 0 saturated heterocycles. The molecular weight excluding hydrogens is 287 g/mol. The lowest BCUT2D eigenvalue weighted by Crippen LogP contribution is -2.55. The van der Waals surface area contributed by atoms with E-state index in [0.717, 1.165) is 10.3 Å². The van der Waals surface area contributed by atoms with Crippen molar-refractivity contribution in [3.63, 3.8) is 0 Å². The minimum atomic E-state index is -4.49. The highest BCUT2D eigenvalue weighted by Gasteiger charge is 2.39. The van der Waals surface area contributed by atoms with E-state index in [1.54, 1.807) is 29.4 Å². The Balaban J connectivity index is 1.84. The van der Waals surface area contributed by atoms with Crippen molar-refractivity contribution in [1.82, 2.24) is 14.8 Å². The van der Waals surface area contributed by atoms with Crippen LogP contribution in [0.4, 0.5) is 24.5 Å². The number of hydrogen-bond donors (Lipinski definition) is 1. The Kier molecular flexibility index (Phi) is 3.11. The van der Waals surface area contributed by atoms with Crippen molar-refractivity contribution in [3.05, 3.63) is 40.8 Å². The van der Waals surface area contributed by atoms with Gasteiger partial charge in [-0.25, -0.2) is 0 Å². The molecule has 1 aromatic heterocycles. The van der Waals surface area contributed by atoms with Crippen LogP contribution in [0.5, 0.6) is 0 Å². The number of halogens is 3. The third-order valence-electron chi connectivity index (χ3n) is 3.36.